The van der Waals surface area contributed by atoms with E-state index in [2.05, 4.69) is 31.2 Å². The minimum Gasteiger partial charge on any atom is -0.330 e. The molecular weight excluding hydrogens is 242 g/mol. The maximum absolute atomic E-state index is 6.26. The van der Waals surface area contributed by atoms with Gasteiger partial charge in [0.15, 0.2) is 0 Å². The topological polar surface area (TPSA) is 26.0 Å². The second-order valence-corrected chi connectivity index (χ2v) is 7.98. The highest BCUT2D eigenvalue weighted by Crippen LogP contribution is 2.64. The summed E-state index contributed by atoms with van der Waals surface area (Å²) in [6.45, 7) is 3.00. The summed E-state index contributed by atoms with van der Waals surface area (Å²) in [7, 11) is 0. The first-order valence-corrected chi connectivity index (χ1v) is 8.45. The van der Waals surface area contributed by atoms with E-state index in [-0.39, 0.29) is 0 Å². The molecule has 0 radical (unpaired) electrons. The van der Waals surface area contributed by atoms with Crippen molar-refractivity contribution in [3.63, 3.8) is 0 Å². The number of aryl methyl sites for hydroxylation is 1. The van der Waals surface area contributed by atoms with Gasteiger partial charge in [-0.2, -0.15) is 0 Å². The molecule has 4 fully saturated rings. The van der Waals surface area contributed by atoms with Crippen LogP contribution in [-0.2, 0) is 0 Å². The molecule has 0 heterocycles. The standard InChI is InChI=1S/C19H27N/c1-13-2-4-17(5-3-13)18(12-20)19-9-14-6-15(10-19)8-16(7-14)11-19/h2-5,14-16,18H,6-12,20H2,1H3. The molecule has 0 spiro atoms. The second-order valence-electron chi connectivity index (χ2n) is 7.98. The van der Waals surface area contributed by atoms with Crippen molar-refractivity contribution in [2.24, 2.45) is 28.9 Å². The van der Waals surface area contributed by atoms with E-state index in [0.29, 0.717) is 11.3 Å². The van der Waals surface area contributed by atoms with E-state index in [0.717, 1.165) is 24.3 Å². The molecule has 1 aromatic carbocycles. The Morgan fingerprint density at radius 1 is 1.00 bits per heavy atom. The highest BCUT2D eigenvalue weighted by Gasteiger charge is 2.53. The van der Waals surface area contributed by atoms with Gasteiger partial charge in [0.25, 0.3) is 0 Å². The Hall–Kier alpha value is -0.820. The van der Waals surface area contributed by atoms with E-state index in [1.807, 2.05) is 0 Å². The van der Waals surface area contributed by atoms with Gasteiger partial charge in [0.1, 0.15) is 0 Å². The summed E-state index contributed by atoms with van der Waals surface area (Å²) in [6.07, 6.45) is 8.91. The molecule has 0 saturated heterocycles. The highest BCUT2D eigenvalue weighted by molar-refractivity contribution is 5.28. The Morgan fingerprint density at radius 3 is 1.95 bits per heavy atom. The predicted molar refractivity (Wildman–Crippen MR) is 83.6 cm³/mol. The molecule has 4 aliphatic carbocycles. The quantitative estimate of drug-likeness (QED) is 0.872. The summed E-state index contributed by atoms with van der Waals surface area (Å²) in [5.41, 5.74) is 9.66. The average molecular weight is 269 g/mol. The van der Waals surface area contributed by atoms with Crippen LogP contribution in [0.1, 0.15) is 55.6 Å². The van der Waals surface area contributed by atoms with Crippen LogP contribution in [0, 0.1) is 30.1 Å². The molecule has 108 valence electrons. The van der Waals surface area contributed by atoms with Crippen molar-refractivity contribution in [1.82, 2.24) is 0 Å². The van der Waals surface area contributed by atoms with Crippen molar-refractivity contribution in [2.45, 2.75) is 51.4 Å². The lowest BCUT2D eigenvalue weighted by Crippen LogP contribution is -2.50. The van der Waals surface area contributed by atoms with Gasteiger partial charge in [0, 0.05) is 5.92 Å². The van der Waals surface area contributed by atoms with Gasteiger partial charge >= 0.3 is 0 Å². The summed E-state index contributed by atoms with van der Waals surface area (Å²) in [5.74, 6) is 3.64. The zero-order valence-corrected chi connectivity index (χ0v) is 12.6. The fourth-order valence-corrected chi connectivity index (χ4v) is 6.14. The van der Waals surface area contributed by atoms with Crippen molar-refractivity contribution in [3.8, 4) is 0 Å². The molecule has 0 amide bonds. The molecular formula is C19H27N. The van der Waals surface area contributed by atoms with Crippen LogP contribution < -0.4 is 5.73 Å². The van der Waals surface area contributed by atoms with Crippen LogP contribution in [0.4, 0.5) is 0 Å². The molecule has 1 nitrogen and oxygen atoms in total. The molecule has 0 aliphatic heterocycles. The van der Waals surface area contributed by atoms with E-state index >= 15 is 0 Å². The van der Waals surface area contributed by atoms with Crippen molar-refractivity contribution in [2.75, 3.05) is 6.54 Å². The van der Waals surface area contributed by atoms with Crippen LogP contribution in [0.5, 0.6) is 0 Å². The molecule has 20 heavy (non-hydrogen) atoms. The van der Waals surface area contributed by atoms with Crippen LogP contribution in [0.15, 0.2) is 24.3 Å². The van der Waals surface area contributed by atoms with E-state index in [4.69, 9.17) is 5.73 Å². The van der Waals surface area contributed by atoms with Gasteiger partial charge < -0.3 is 5.73 Å². The molecule has 1 aromatic rings. The SMILES string of the molecule is Cc1ccc(C(CN)C23CC4CC(CC(C4)C2)C3)cc1. The normalized spacial score (nSPS) is 40.0. The number of benzene rings is 1. The molecule has 4 aliphatic rings. The Kier molecular flexibility index (Phi) is 2.96. The average Bonchev–Trinajstić information content (AvgIpc) is 2.40. The van der Waals surface area contributed by atoms with E-state index in [1.54, 1.807) is 0 Å². The molecule has 2 N–H and O–H groups in total. The van der Waals surface area contributed by atoms with Crippen LogP contribution >= 0.6 is 0 Å². The summed E-state index contributed by atoms with van der Waals surface area (Å²) in [5, 5.41) is 0. The van der Waals surface area contributed by atoms with Gasteiger partial charge in [-0.25, -0.2) is 0 Å². The third-order valence-electron chi connectivity index (χ3n) is 6.54. The van der Waals surface area contributed by atoms with Gasteiger partial charge in [-0.3, -0.25) is 0 Å². The number of rotatable bonds is 3. The lowest BCUT2D eigenvalue weighted by atomic mass is 9.46. The molecule has 4 bridgehead atoms. The third-order valence-corrected chi connectivity index (χ3v) is 6.54. The van der Waals surface area contributed by atoms with Crippen LogP contribution in [0.2, 0.25) is 0 Å². The van der Waals surface area contributed by atoms with Crippen molar-refractivity contribution >= 4 is 0 Å². The molecule has 1 atom stereocenters. The van der Waals surface area contributed by atoms with Gasteiger partial charge in [-0.1, -0.05) is 29.8 Å². The molecule has 5 rings (SSSR count). The third kappa shape index (κ3) is 1.94. The Balaban J connectivity index is 1.68. The van der Waals surface area contributed by atoms with Crippen molar-refractivity contribution < 1.29 is 0 Å². The first kappa shape index (κ1) is 12.9. The van der Waals surface area contributed by atoms with Crippen LogP contribution in [0.25, 0.3) is 0 Å². The number of nitrogens with two attached hydrogens (primary N) is 1. The first-order valence-electron chi connectivity index (χ1n) is 8.45. The summed E-state index contributed by atoms with van der Waals surface area (Å²) in [4.78, 5) is 0. The zero-order valence-electron chi connectivity index (χ0n) is 12.6. The van der Waals surface area contributed by atoms with Crippen LogP contribution in [-0.4, -0.2) is 6.54 Å². The Morgan fingerprint density at radius 2 is 1.50 bits per heavy atom. The lowest BCUT2D eigenvalue weighted by Gasteiger charge is -2.59. The fourth-order valence-electron chi connectivity index (χ4n) is 6.14. The van der Waals surface area contributed by atoms with Crippen LogP contribution in [0.3, 0.4) is 0 Å². The Bertz CT molecular complexity index is 452. The molecule has 4 saturated carbocycles. The number of hydrogen-bond acceptors (Lipinski definition) is 1. The summed E-state index contributed by atoms with van der Waals surface area (Å²) >= 11 is 0. The summed E-state index contributed by atoms with van der Waals surface area (Å²) < 4.78 is 0. The largest absolute Gasteiger partial charge is 0.330 e. The van der Waals surface area contributed by atoms with Gasteiger partial charge in [-0.05, 0) is 80.7 Å². The minimum atomic E-state index is 0.540. The predicted octanol–water partition coefficient (Wildman–Crippen LogP) is 4.25. The van der Waals surface area contributed by atoms with Gasteiger partial charge in [0.2, 0.25) is 0 Å². The first-order chi connectivity index (χ1) is 9.68. The van der Waals surface area contributed by atoms with Crippen molar-refractivity contribution in [1.29, 1.82) is 0 Å². The van der Waals surface area contributed by atoms with E-state index in [9.17, 15) is 0 Å². The Labute approximate surface area is 122 Å². The van der Waals surface area contributed by atoms with Crippen molar-refractivity contribution in [3.05, 3.63) is 35.4 Å². The highest BCUT2D eigenvalue weighted by atomic mass is 14.6. The maximum Gasteiger partial charge on any atom is 0.00180 e. The molecule has 1 unspecified atom stereocenters. The summed E-state index contributed by atoms with van der Waals surface area (Å²) in [6, 6.07) is 9.20. The monoisotopic (exact) mass is 269 g/mol. The van der Waals surface area contributed by atoms with Gasteiger partial charge in [0.05, 0.1) is 0 Å². The fraction of sp³-hybridized carbons (Fsp3) is 0.684. The van der Waals surface area contributed by atoms with E-state index < -0.39 is 0 Å². The van der Waals surface area contributed by atoms with Gasteiger partial charge in [-0.15, -0.1) is 0 Å². The smallest absolute Gasteiger partial charge is 0.00180 e. The maximum atomic E-state index is 6.26. The zero-order chi connectivity index (χ0) is 13.7. The molecule has 1 heteroatoms. The molecule has 0 aromatic heterocycles. The lowest BCUT2D eigenvalue weighted by molar-refractivity contribution is -0.0671. The number of hydrogen-bond donors (Lipinski definition) is 1. The second kappa shape index (κ2) is 4.59. The minimum absolute atomic E-state index is 0.540. The van der Waals surface area contributed by atoms with E-state index in [1.165, 1.54) is 49.7 Å².